The fourth-order valence-corrected chi connectivity index (χ4v) is 4.91. The van der Waals surface area contributed by atoms with E-state index in [2.05, 4.69) is 16.2 Å². The summed E-state index contributed by atoms with van der Waals surface area (Å²) in [5.74, 6) is 1.75. The minimum absolute atomic E-state index is 0.0106. The lowest BCUT2D eigenvalue weighted by molar-refractivity contribution is -0.128. The van der Waals surface area contributed by atoms with Crippen LogP contribution in [0.3, 0.4) is 0 Å². The third kappa shape index (κ3) is 2.89. The first-order valence-corrected chi connectivity index (χ1v) is 10.1. The van der Waals surface area contributed by atoms with E-state index in [1.54, 1.807) is 12.0 Å². The molecule has 1 amide bonds. The van der Waals surface area contributed by atoms with Crippen LogP contribution in [0.4, 0.5) is 0 Å². The van der Waals surface area contributed by atoms with Gasteiger partial charge >= 0.3 is 0 Å². The highest BCUT2D eigenvalue weighted by molar-refractivity contribution is 5.82. The molecule has 1 atom stereocenters. The number of benzene rings is 2. The van der Waals surface area contributed by atoms with Crippen molar-refractivity contribution >= 4 is 5.91 Å². The Kier molecular flexibility index (Phi) is 4.55. The Labute approximate surface area is 174 Å². The normalized spacial score (nSPS) is 20.2. The van der Waals surface area contributed by atoms with E-state index in [0.29, 0.717) is 37.0 Å². The molecule has 1 aliphatic heterocycles. The van der Waals surface area contributed by atoms with Crippen molar-refractivity contribution in [2.24, 2.45) is 0 Å². The number of amides is 1. The van der Waals surface area contributed by atoms with Crippen molar-refractivity contribution in [2.45, 2.75) is 24.7 Å². The van der Waals surface area contributed by atoms with Crippen molar-refractivity contribution < 1.29 is 19.2 Å². The van der Waals surface area contributed by atoms with Gasteiger partial charge in [0.1, 0.15) is 5.75 Å². The lowest BCUT2D eigenvalue weighted by atomic mass is 9.80. The maximum Gasteiger partial charge on any atom is 0.262 e. The largest absolute Gasteiger partial charge is 0.496 e. The van der Waals surface area contributed by atoms with Gasteiger partial charge in [-0.15, -0.1) is 0 Å². The molecular formula is C23H23N3O4. The molecule has 3 aromatic rings. The van der Waals surface area contributed by atoms with Crippen LogP contribution in [0, 0.1) is 0 Å². The molecule has 2 heterocycles. The summed E-state index contributed by atoms with van der Waals surface area (Å²) < 4.78 is 11.0. The number of ether oxygens (including phenoxy) is 1. The van der Waals surface area contributed by atoms with Crippen LogP contribution in [0.2, 0.25) is 0 Å². The Hall–Kier alpha value is -3.19. The van der Waals surface area contributed by atoms with Gasteiger partial charge in [0.15, 0.2) is 0 Å². The second kappa shape index (κ2) is 7.25. The molecule has 30 heavy (non-hydrogen) atoms. The average molecular weight is 405 g/mol. The summed E-state index contributed by atoms with van der Waals surface area (Å²) in [4.78, 5) is 18.9. The molecule has 1 N–H and O–H groups in total. The predicted molar refractivity (Wildman–Crippen MR) is 110 cm³/mol. The number of aromatic nitrogens is 2. The predicted octanol–water partition coefficient (Wildman–Crippen LogP) is 2.82. The summed E-state index contributed by atoms with van der Waals surface area (Å²) in [6.07, 6.45) is 2.26. The van der Waals surface area contributed by atoms with Crippen LogP contribution in [0.25, 0.3) is 22.8 Å². The number of para-hydroxylation sites is 1. The molecule has 154 valence electrons. The van der Waals surface area contributed by atoms with Gasteiger partial charge in [-0.1, -0.05) is 35.5 Å². The highest BCUT2D eigenvalue weighted by atomic mass is 16.5. The quantitative estimate of drug-likeness (QED) is 0.702. The Morgan fingerprint density at radius 1 is 1.20 bits per heavy atom. The Balaban J connectivity index is 1.51. The molecule has 2 aliphatic rings. The topological polar surface area (TPSA) is 88.7 Å². The van der Waals surface area contributed by atoms with Gasteiger partial charge in [0.2, 0.25) is 11.7 Å². The third-order valence-electron chi connectivity index (χ3n) is 6.31. The van der Waals surface area contributed by atoms with E-state index in [-0.39, 0.29) is 17.9 Å². The minimum atomic E-state index is -0.188. The second-order valence-corrected chi connectivity index (χ2v) is 7.95. The molecule has 1 saturated heterocycles. The van der Waals surface area contributed by atoms with Crippen molar-refractivity contribution in [1.82, 2.24) is 15.0 Å². The zero-order valence-electron chi connectivity index (χ0n) is 16.8. The van der Waals surface area contributed by atoms with Gasteiger partial charge in [0.25, 0.3) is 5.89 Å². The molecule has 0 radical (unpaired) electrons. The number of methoxy groups -OCH3 is 1. The highest BCUT2D eigenvalue weighted by Crippen LogP contribution is 2.48. The van der Waals surface area contributed by atoms with Crippen molar-refractivity contribution in [3.8, 4) is 28.6 Å². The summed E-state index contributed by atoms with van der Waals surface area (Å²) in [6.45, 7) is 1.04. The number of carbonyl (C=O) groups excluding carboxylic acids is 1. The van der Waals surface area contributed by atoms with E-state index in [9.17, 15) is 9.90 Å². The van der Waals surface area contributed by atoms with E-state index in [4.69, 9.17) is 9.26 Å². The van der Waals surface area contributed by atoms with Crippen molar-refractivity contribution in [3.63, 3.8) is 0 Å². The molecule has 1 fully saturated rings. The van der Waals surface area contributed by atoms with Gasteiger partial charge in [-0.3, -0.25) is 4.79 Å². The molecule has 1 unspecified atom stereocenters. The number of hydrogen-bond acceptors (Lipinski definition) is 6. The summed E-state index contributed by atoms with van der Waals surface area (Å²) >= 11 is 0. The number of carbonyl (C=O) groups is 1. The monoisotopic (exact) mass is 405 g/mol. The van der Waals surface area contributed by atoms with Crippen molar-refractivity contribution in [2.75, 3.05) is 26.8 Å². The van der Waals surface area contributed by atoms with Gasteiger partial charge in [-0.05, 0) is 36.1 Å². The average Bonchev–Trinajstić information content (AvgIpc) is 3.47. The summed E-state index contributed by atoms with van der Waals surface area (Å²) in [5.41, 5.74) is 3.89. The molecule has 0 bridgehead atoms. The van der Waals surface area contributed by atoms with Gasteiger partial charge in [-0.2, -0.15) is 4.98 Å². The Morgan fingerprint density at radius 2 is 2.03 bits per heavy atom. The van der Waals surface area contributed by atoms with E-state index in [1.807, 2.05) is 36.4 Å². The van der Waals surface area contributed by atoms with Crippen molar-refractivity contribution in [1.29, 1.82) is 0 Å². The van der Waals surface area contributed by atoms with Crippen LogP contribution >= 0.6 is 0 Å². The number of likely N-dealkylation sites (tertiary alicyclic amines) is 1. The maximum atomic E-state index is 12.5. The first-order chi connectivity index (χ1) is 14.6. The van der Waals surface area contributed by atoms with E-state index in [1.165, 1.54) is 11.1 Å². The lowest BCUT2D eigenvalue weighted by Gasteiger charge is -2.24. The van der Waals surface area contributed by atoms with Crippen LogP contribution in [0.15, 0.2) is 47.0 Å². The molecule has 2 aromatic carbocycles. The molecule has 7 nitrogen and oxygen atoms in total. The summed E-state index contributed by atoms with van der Waals surface area (Å²) in [7, 11) is 1.61. The zero-order valence-corrected chi connectivity index (χ0v) is 16.8. The lowest BCUT2D eigenvalue weighted by Crippen LogP contribution is -2.32. The number of fused-ring (bicyclic) bond motifs is 2. The van der Waals surface area contributed by atoms with E-state index in [0.717, 1.165) is 24.0 Å². The number of aliphatic hydroxyl groups excluding tert-OH is 1. The summed E-state index contributed by atoms with van der Waals surface area (Å²) in [6, 6.07) is 13.7. The highest BCUT2D eigenvalue weighted by Gasteiger charge is 2.48. The second-order valence-electron chi connectivity index (χ2n) is 7.95. The minimum Gasteiger partial charge on any atom is -0.496 e. The Bertz CT molecular complexity index is 1110. The molecular weight excluding hydrogens is 382 g/mol. The fourth-order valence-electron chi connectivity index (χ4n) is 4.91. The van der Waals surface area contributed by atoms with Crippen LogP contribution in [-0.2, 0) is 16.6 Å². The molecule has 1 aromatic heterocycles. The van der Waals surface area contributed by atoms with E-state index >= 15 is 0 Å². The first kappa shape index (κ1) is 18.8. The van der Waals surface area contributed by atoms with Gasteiger partial charge < -0.3 is 19.3 Å². The van der Waals surface area contributed by atoms with Crippen LogP contribution in [0.1, 0.15) is 24.0 Å². The first-order valence-electron chi connectivity index (χ1n) is 10.1. The third-order valence-corrected chi connectivity index (χ3v) is 6.31. The van der Waals surface area contributed by atoms with Crippen LogP contribution < -0.4 is 4.74 Å². The molecule has 0 saturated carbocycles. The fraction of sp³-hybridized carbons (Fsp3) is 0.348. The SMILES string of the molecule is COc1ccccc1-c1nc(-c2cccc3c2CCC32CC(=O)N(CCO)C2)no1. The summed E-state index contributed by atoms with van der Waals surface area (Å²) in [5, 5.41) is 13.5. The number of β-amino-alcohol motifs (C(OH)–C–C–N with tert-alkyl or cyclic N) is 1. The molecule has 5 rings (SSSR count). The molecule has 7 heteroatoms. The number of hydrogen-bond donors (Lipinski definition) is 1. The zero-order chi connectivity index (χ0) is 20.7. The van der Waals surface area contributed by atoms with Crippen LogP contribution in [-0.4, -0.2) is 52.9 Å². The molecule has 1 spiro atoms. The standard InChI is InChI=1S/C23H23N3O4/c1-29-19-8-3-2-5-17(19)22-24-21(25-30-22)16-6-4-7-18-15(16)9-10-23(18)13-20(28)26(14-23)11-12-27/h2-8,27H,9-14H2,1H3. The maximum absolute atomic E-state index is 12.5. The van der Waals surface area contributed by atoms with Crippen LogP contribution in [0.5, 0.6) is 5.75 Å². The van der Waals surface area contributed by atoms with Gasteiger partial charge in [-0.25, -0.2) is 0 Å². The molecule has 1 aliphatic carbocycles. The smallest absolute Gasteiger partial charge is 0.262 e. The van der Waals surface area contributed by atoms with E-state index < -0.39 is 0 Å². The Morgan fingerprint density at radius 3 is 2.87 bits per heavy atom. The van der Waals surface area contributed by atoms with Crippen molar-refractivity contribution in [3.05, 3.63) is 53.6 Å². The number of rotatable bonds is 5. The van der Waals surface area contributed by atoms with Gasteiger partial charge in [0.05, 0.1) is 19.3 Å². The number of aliphatic hydroxyl groups is 1. The number of nitrogens with zero attached hydrogens (tertiary/aromatic N) is 3. The van der Waals surface area contributed by atoms with Gasteiger partial charge in [0, 0.05) is 30.5 Å².